The molecule has 1 saturated heterocycles. The lowest BCUT2D eigenvalue weighted by Gasteiger charge is -2.33. The van der Waals surface area contributed by atoms with E-state index < -0.39 is 0 Å². The Hall–Kier alpha value is -1.36. The molecule has 1 aliphatic heterocycles. The molecule has 0 unspecified atom stereocenters. The summed E-state index contributed by atoms with van der Waals surface area (Å²) in [5.41, 5.74) is 0.774. The first kappa shape index (κ1) is 16.5. The van der Waals surface area contributed by atoms with E-state index >= 15 is 0 Å². The van der Waals surface area contributed by atoms with Crippen molar-refractivity contribution in [2.24, 2.45) is 5.92 Å². The Morgan fingerprint density at radius 2 is 1.91 bits per heavy atom. The summed E-state index contributed by atoms with van der Waals surface area (Å²) in [6, 6.07) is 1.98. The van der Waals surface area contributed by atoms with E-state index in [1.165, 1.54) is 0 Å². The average Bonchev–Trinajstić information content (AvgIpc) is 3.23. The van der Waals surface area contributed by atoms with Crippen LogP contribution in [0, 0.1) is 5.92 Å². The molecule has 1 aromatic heterocycles. The Balaban J connectivity index is 1.85. The molecular formula is C18H26N2O2S. The molecule has 0 N–H and O–H groups in total. The molecule has 2 fully saturated rings. The van der Waals surface area contributed by atoms with Crippen molar-refractivity contribution in [1.29, 1.82) is 0 Å². The summed E-state index contributed by atoms with van der Waals surface area (Å²) in [5, 5.41) is 3.87. The third kappa shape index (κ3) is 3.60. The van der Waals surface area contributed by atoms with Crippen LogP contribution >= 0.6 is 11.3 Å². The Bertz CT molecular complexity index is 543. The Kier molecular flexibility index (Phi) is 5.36. The van der Waals surface area contributed by atoms with E-state index in [4.69, 9.17) is 0 Å². The maximum atomic E-state index is 12.9. The topological polar surface area (TPSA) is 40.6 Å². The molecule has 4 nitrogen and oxygen atoms in total. The van der Waals surface area contributed by atoms with Crippen molar-refractivity contribution in [3.8, 4) is 0 Å². The minimum absolute atomic E-state index is 0.0133. The lowest BCUT2D eigenvalue weighted by atomic mass is 9.99. The van der Waals surface area contributed by atoms with Gasteiger partial charge in [-0.1, -0.05) is 19.3 Å². The molecule has 0 radical (unpaired) electrons. The van der Waals surface area contributed by atoms with Crippen LogP contribution in [0.3, 0.4) is 0 Å². The number of rotatable bonds is 1. The van der Waals surface area contributed by atoms with Crippen molar-refractivity contribution in [2.75, 3.05) is 20.1 Å². The monoisotopic (exact) mass is 334 g/mol. The van der Waals surface area contributed by atoms with E-state index in [9.17, 15) is 9.59 Å². The van der Waals surface area contributed by atoms with Gasteiger partial charge in [0, 0.05) is 31.6 Å². The van der Waals surface area contributed by atoms with Gasteiger partial charge in [0.05, 0.1) is 11.5 Å². The van der Waals surface area contributed by atoms with Gasteiger partial charge in [-0.3, -0.25) is 9.59 Å². The molecule has 2 aliphatic rings. The van der Waals surface area contributed by atoms with E-state index in [0.717, 1.165) is 63.6 Å². The van der Waals surface area contributed by atoms with Crippen LogP contribution in [0.1, 0.15) is 55.3 Å². The van der Waals surface area contributed by atoms with E-state index in [1.807, 2.05) is 33.7 Å². The van der Waals surface area contributed by atoms with Crippen LogP contribution in [0.5, 0.6) is 0 Å². The van der Waals surface area contributed by atoms with Crippen LogP contribution in [0.4, 0.5) is 0 Å². The second kappa shape index (κ2) is 7.47. The molecule has 1 saturated carbocycles. The molecule has 0 bridgehead atoms. The zero-order valence-electron chi connectivity index (χ0n) is 13.9. The third-order valence-corrected chi connectivity index (χ3v) is 5.93. The highest BCUT2D eigenvalue weighted by molar-refractivity contribution is 7.08. The fourth-order valence-corrected chi connectivity index (χ4v) is 4.58. The molecule has 2 amide bonds. The Labute approximate surface area is 142 Å². The molecule has 0 aromatic carbocycles. The van der Waals surface area contributed by atoms with Gasteiger partial charge in [-0.05, 0) is 37.1 Å². The summed E-state index contributed by atoms with van der Waals surface area (Å²) in [6.45, 7) is 1.63. The van der Waals surface area contributed by atoms with Crippen LogP contribution in [0.25, 0.3) is 0 Å². The molecule has 3 rings (SSSR count). The van der Waals surface area contributed by atoms with Crippen molar-refractivity contribution in [2.45, 2.75) is 51.0 Å². The van der Waals surface area contributed by atoms with Gasteiger partial charge < -0.3 is 9.80 Å². The SMILES string of the molecule is CN1CCCCCCN(C(=O)c2ccsc2)[C@H]2CCC[C@H]2C1=O. The number of amides is 2. The summed E-state index contributed by atoms with van der Waals surface area (Å²) in [4.78, 5) is 29.7. The highest BCUT2D eigenvalue weighted by Crippen LogP contribution is 2.33. The number of hydrogen-bond acceptors (Lipinski definition) is 3. The molecule has 1 aromatic rings. The lowest BCUT2D eigenvalue weighted by molar-refractivity contribution is -0.135. The standard InChI is InChI=1S/C18H26N2O2S/c1-19-10-4-2-3-5-11-20(17(21)14-9-12-23-13-14)16-8-6-7-15(16)18(19)22/h9,12-13,15-16H,2-8,10-11H2,1H3/t15-,16+/m1/s1. The average molecular weight is 334 g/mol. The van der Waals surface area contributed by atoms with Crippen molar-refractivity contribution >= 4 is 23.2 Å². The van der Waals surface area contributed by atoms with Crippen LogP contribution in [-0.2, 0) is 4.79 Å². The zero-order valence-corrected chi connectivity index (χ0v) is 14.7. The van der Waals surface area contributed by atoms with Gasteiger partial charge in [0.15, 0.2) is 0 Å². The highest BCUT2D eigenvalue weighted by atomic mass is 32.1. The van der Waals surface area contributed by atoms with Gasteiger partial charge in [0.2, 0.25) is 5.91 Å². The van der Waals surface area contributed by atoms with E-state index in [0.29, 0.717) is 0 Å². The largest absolute Gasteiger partial charge is 0.345 e. The Morgan fingerprint density at radius 1 is 1.13 bits per heavy atom. The minimum Gasteiger partial charge on any atom is -0.345 e. The molecular weight excluding hydrogens is 308 g/mol. The first-order chi connectivity index (χ1) is 11.2. The number of thiophene rings is 1. The Morgan fingerprint density at radius 3 is 2.65 bits per heavy atom. The molecule has 2 heterocycles. The van der Waals surface area contributed by atoms with Crippen LogP contribution in [0.15, 0.2) is 16.8 Å². The predicted molar refractivity (Wildman–Crippen MR) is 92.6 cm³/mol. The molecule has 23 heavy (non-hydrogen) atoms. The summed E-state index contributed by atoms with van der Waals surface area (Å²) >= 11 is 1.56. The van der Waals surface area contributed by atoms with E-state index in [1.54, 1.807) is 11.3 Å². The van der Waals surface area contributed by atoms with Gasteiger partial charge in [0.1, 0.15) is 0 Å². The first-order valence-electron chi connectivity index (χ1n) is 8.76. The van der Waals surface area contributed by atoms with Gasteiger partial charge in [-0.25, -0.2) is 0 Å². The quantitative estimate of drug-likeness (QED) is 0.790. The van der Waals surface area contributed by atoms with Gasteiger partial charge >= 0.3 is 0 Å². The number of carbonyl (C=O) groups is 2. The second-order valence-corrected chi connectivity index (χ2v) is 7.57. The smallest absolute Gasteiger partial charge is 0.254 e. The normalized spacial score (nSPS) is 26.7. The zero-order chi connectivity index (χ0) is 16.2. The summed E-state index contributed by atoms with van der Waals surface area (Å²) in [5.74, 6) is 0.330. The molecule has 126 valence electrons. The first-order valence-corrected chi connectivity index (χ1v) is 9.71. The van der Waals surface area contributed by atoms with Gasteiger partial charge in [-0.2, -0.15) is 11.3 Å². The van der Waals surface area contributed by atoms with Crippen molar-refractivity contribution in [3.05, 3.63) is 22.4 Å². The summed E-state index contributed by atoms with van der Waals surface area (Å²) in [6.07, 6.45) is 7.29. The lowest BCUT2D eigenvalue weighted by Crippen LogP contribution is -2.47. The van der Waals surface area contributed by atoms with Crippen LogP contribution in [-0.4, -0.2) is 47.8 Å². The second-order valence-electron chi connectivity index (χ2n) is 6.79. The van der Waals surface area contributed by atoms with Crippen molar-refractivity contribution in [1.82, 2.24) is 9.80 Å². The summed E-state index contributed by atoms with van der Waals surface area (Å²) in [7, 11) is 1.92. The van der Waals surface area contributed by atoms with E-state index in [-0.39, 0.29) is 23.8 Å². The molecule has 0 spiro atoms. The highest BCUT2D eigenvalue weighted by Gasteiger charge is 2.40. The summed E-state index contributed by atoms with van der Waals surface area (Å²) < 4.78 is 0. The molecule has 1 aliphatic carbocycles. The minimum atomic E-state index is -0.0133. The number of carbonyl (C=O) groups excluding carboxylic acids is 2. The predicted octanol–water partition coefficient (Wildman–Crippen LogP) is 3.39. The van der Waals surface area contributed by atoms with Gasteiger partial charge in [-0.15, -0.1) is 0 Å². The van der Waals surface area contributed by atoms with Crippen molar-refractivity contribution < 1.29 is 9.59 Å². The fourth-order valence-electron chi connectivity index (χ4n) is 3.95. The van der Waals surface area contributed by atoms with Crippen LogP contribution < -0.4 is 0 Å². The maximum absolute atomic E-state index is 12.9. The van der Waals surface area contributed by atoms with Gasteiger partial charge in [0.25, 0.3) is 5.91 Å². The fraction of sp³-hybridized carbons (Fsp3) is 0.667. The number of nitrogens with zero attached hydrogens (tertiary/aromatic N) is 2. The van der Waals surface area contributed by atoms with Crippen molar-refractivity contribution in [3.63, 3.8) is 0 Å². The molecule has 2 atom stereocenters. The van der Waals surface area contributed by atoms with E-state index in [2.05, 4.69) is 0 Å². The molecule has 5 heteroatoms. The number of hydrogen-bond donors (Lipinski definition) is 0. The maximum Gasteiger partial charge on any atom is 0.254 e. The number of fused-ring (bicyclic) bond motifs is 1. The van der Waals surface area contributed by atoms with Crippen LogP contribution in [0.2, 0.25) is 0 Å². The third-order valence-electron chi connectivity index (χ3n) is 5.24.